The van der Waals surface area contributed by atoms with E-state index in [0.717, 1.165) is 22.3 Å². The lowest BCUT2D eigenvalue weighted by atomic mass is 10.1. The lowest BCUT2D eigenvalue weighted by Crippen LogP contribution is -2.38. The molecule has 1 aromatic carbocycles. The number of rotatable bonds is 7. The molecule has 1 aromatic rings. The van der Waals surface area contributed by atoms with Crippen molar-refractivity contribution in [1.29, 1.82) is 0 Å². The van der Waals surface area contributed by atoms with Crippen LogP contribution in [0.1, 0.15) is 27.2 Å². The highest BCUT2D eigenvalue weighted by atomic mass is 79.9. The summed E-state index contributed by atoms with van der Waals surface area (Å²) in [6, 6.07) is 8.05. The molecule has 0 bridgehead atoms. The van der Waals surface area contributed by atoms with Crippen molar-refractivity contribution < 1.29 is 4.21 Å². The first kappa shape index (κ1) is 15.9. The molecule has 0 spiro atoms. The summed E-state index contributed by atoms with van der Waals surface area (Å²) in [6.07, 6.45) is 1.11. The average molecular weight is 332 g/mol. The smallest absolute Gasteiger partial charge is 0.0545 e. The van der Waals surface area contributed by atoms with Crippen LogP contribution >= 0.6 is 15.9 Å². The van der Waals surface area contributed by atoms with E-state index in [9.17, 15) is 4.21 Å². The highest BCUT2D eigenvalue weighted by Crippen LogP contribution is 2.15. The predicted molar refractivity (Wildman–Crippen MR) is 82.3 cm³/mol. The van der Waals surface area contributed by atoms with Gasteiger partial charge in [-0.1, -0.05) is 36.7 Å². The molecule has 2 nitrogen and oxygen atoms in total. The fourth-order valence-corrected chi connectivity index (χ4v) is 3.39. The zero-order valence-electron chi connectivity index (χ0n) is 11.3. The summed E-state index contributed by atoms with van der Waals surface area (Å²) >= 11 is 3.39. The Morgan fingerprint density at radius 1 is 1.28 bits per heavy atom. The van der Waals surface area contributed by atoms with E-state index >= 15 is 0 Å². The molecule has 0 amide bonds. The van der Waals surface area contributed by atoms with Crippen LogP contribution in [-0.2, 0) is 10.8 Å². The van der Waals surface area contributed by atoms with Gasteiger partial charge in [-0.3, -0.25) is 4.21 Å². The largest absolute Gasteiger partial charge is 0.313 e. The monoisotopic (exact) mass is 331 g/mol. The molecule has 0 heterocycles. The third-order valence-electron chi connectivity index (χ3n) is 2.87. The van der Waals surface area contributed by atoms with Crippen molar-refractivity contribution in [2.45, 2.75) is 38.1 Å². The van der Waals surface area contributed by atoms with Crippen LogP contribution < -0.4 is 5.32 Å². The standard InChI is InChI=1S/C14H22BrNOS/c1-4-9-16-14(11(2)3)10-18(17)13-7-5-12(15)6-8-13/h5-8,11,14,16H,4,9-10H2,1-3H3. The van der Waals surface area contributed by atoms with Crippen LogP contribution in [0.15, 0.2) is 33.6 Å². The first-order valence-corrected chi connectivity index (χ1v) is 8.53. The van der Waals surface area contributed by atoms with E-state index in [4.69, 9.17) is 0 Å². The van der Waals surface area contributed by atoms with E-state index in [1.54, 1.807) is 0 Å². The molecular weight excluding hydrogens is 310 g/mol. The highest BCUT2D eigenvalue weighted by Gasteiger charge is 2.16. The Balaban J connectivity index is 2.63. The lowest BCUT2D eigenvalue weighted by Gasteiger charge is -2.21. The summed E-state index contributed by atoms with van der Waals surface area (Å²) in [6.45, 7) is 7.48. The minimum Gasteiger partial charge on any atom is -0.313 e. The lowest BCUT2D eigenvalue weighted by molar-refractivity contribution is 0.431. The molecule has 2 unspecified atom stereocenters. The van der Waals surface area contributed by atoms with Crippen molar-refractivity contribution in [1.82, 2.24) is 5.32 Å². The Labute approximate surface area is 121 Å². The molecule has 2 atom stereocenters. The quantitative estimate of drug-likeness (QED) is 0.827. The van der Waals surface area contributed by atoms with Crippen molar-refractivity contribution in [2.75, 3.05) is 12.3 Å². The zero-order valence-corrected chi connectivity index (χ0v) is 13.7. The Kier molecular flexibility index (Phi) is 7.12. The predicted octanol–water partition coefficient (Wildman–Crippen LogP) is 3.58. The van der Waals surface area contributed by atoms with E-state index in [0.29, 0.717) is 17.7 Å². The first-order valence-electron chi connectivity index (χ1n) is 6.42. The van der Waals surface area contributed by atoms with Gasteiger partial charge in [0, 0.05) is 21.2 Å². The van der Waals surface area contributed by atoms with Crippen molar-refractivity contribution in [2.24, 2.45) is 5.92 Å². The second-order valence-electron chi connectivity index (χ2n) is 4.77. The summed E-state index contributed by atoms with van der Waals surface area (Å²) in [4.78, 5) is 0.905. The van der Waals surface area contributed by atoms with Crippen LogP contribution in [0.2, 0.25) is 0 Å². The Morgan fingerprint density at radius 3 is 2.39 bits per heavy atom. The van der Waals surface area contributed by atoms with Crippen LogP contribution in [0, 0.1) is 5.92 Å². The van der Waals surface area contributed by atoms with Crippen LogP contribution in [-0.4, -0.2) is 22.5 Å². The molecule has 0 fully saturated rings. The molecule has 0 aliphatic carbocycles. The van der Waals surface area contributed by atoms with Gasteiger partial charge in [0.2, 0.25) is 0 Å². The zero-order chi connectivity index (χ0) is 13.5. The van der Waals surface area contributed by atoms with Gasteiger partial charge in [-0.25, -0.2) is 0 Å². The van der Waals surface area contributed by atoms with Gasteiger partial charge in [0.05, 0.1) is 10.8 Å². The van der Waals surface area contributed by atoms with Crippen LogP contribution in [0.5, 0.6) is 0 Å². The van der Waals surface area contributed by atoms with E-state index in [2.05, 4.69) is 42.0 Å². The molecule has 102 valence electrons. The van der Waals surface area contributed by atoms with E-state index in [-0.39, 0.29) is 0 Å². The average Bonchev–Trinajstić information content (AvgIpc) is 2.34. The molecule has 4 heteroatoms. The molecule has 0 aromatic heterocycles. The first-order chi connectivity index (χ1) is 8.54. The van der Waals surface area contributed by atoms with E-state index < -0.39 is 10.8 Å². The minimum absolute atomic E-state index is 0.314. The maximum Gasteiger partial charge on any atom is 0.0545 e. The van der Waals surface area contributed by atoms with Crippen molar-refractivity contribution in [3.63, 3.8) is 0 Å². The second-order valence-corrected chi connectivity index (χ2v) is 7.18. The van der Waals surface area contributed by atoms with Gasteiger partial charge >= 0.3 is 0 Å². The molecule has 0 saturated heterocycles. The van der Waals surface area contributed by atoms with Gasteiger partial charge < -0.3 is 5.32 Å². The molecule has 0 aliphatic heterocycles. The molecule has 1 rings (SSSR count). The molecule has 0 aliphatic rings. The maximum atomic E-state index is 12.3. The molecule has 1 N–H and O–H groups in total. The molecule has 0 saturated carbocycles. The Bertz CT molecular complexity index is 378. The third kappa shape index (κ3) is 5.21. The van der Waals surface area contributed by atoms with E-state index in [1.165, 1.54) is 0 Å². The summed E-state index contributed by atoms with van der Waals surface area (Å²) in [5.74, 6) is 1.18. The van der Waals surface area contributed by atoms with Crippen molar-refractivity contribution in [3.05, 3.63) is 28.7 Å². The Morgan fingerprint density at radius 2 is 1.89 bits per heavy atom. The summed E-state index contributed by atoms with van der Waals surface area (Å²) in [5, 5.41) is 3.48. The van der Waals surface area contributed by atoms with E-state index in [1.807, 2.05) is 24.3 Å². The van der Waals surface area contributed by atoms with Gasteiger partial charge in [-0.05, 0) is 43.1 Å². The topological polar surface area (TPSA) is 29.1 Å². The molecular formula is C14H22BrNOS. The third-order valence-corrected chi connectivity index (χ3v) is 4.86. The van der Waals surface area contributed by atoms with Crippen LogP contribution in [0.25, 0.3) is 0 Å². The van der Waals surface area contributed by atoms with Crippen molar-refractivity contribution in [3.8, 4) is 0 Å². The summed E-state index contributed by atoms with van der Waals surface area (Å²) < 4.78 is 13.3. The van der Waals surface area contributed by atoms with Gasteiger partial charge in [0.15, 0.2) is 0 Å². The number of hydrogen-bond acceptors (Lipinski definition) is 2. The normalized spacial score (nSPS) is 14.7. The molecule has 0 radical (unpaired) electrons. The maximum absolute atomic E-state index is 12.3. The van der Waals surface area contributed by atoms with Crippen molar-refractivity contribution >= 4 is 26.7 Å². The summed E-state index contributed by atoms with van der Waals surface area (Å²) in [7, 11) is -0.929. The number of benzene rings is 1. The molecule has 18 heavy (non-hydrogen) atoms. The fourth-order valence-electron chi connectivity index (χ4n) is 1.66. The second kappa shape index (κ2) is 8.08. The van der Waals surface area contributed by atoms with Crippen LogP contribution in [0.3, 0.4) is 0 Å². The Hall–Kier alpha value is -0.190. The highest BCUT2D eigenvalue weighted by molar-refractivity contribution is 9.10. The van der Waals surface area contributed by atoms with Gasteiger partial charge in [0.25, 0.3) is 0 Å². The summed E-state index contributed by atoms with van der Waals surface area (Å²) in [5.41, 5.74) is 0. The minimum atomic E-state index is -0.929. The van der Waals surface area contributed by atoms with Gasteiger partial charge in [-0.15, -0.1) is 0 Å². The number of nitrogens with one attached hydrogen (secondary N) is 1. The van der Waals surface area contributed by atoms with Gasteiger partial charge in [0.1, 0.15) is 0 Å². The number of hydrogen-bond donors (Lipinski definition) is 1. The van der Waals surface area contributed by atoms with Gasteiger partial charge in [-0.2, -0.15) is 0 Å². The fraction of sp³-hybridized carbons (Fsp3) is 0.571. The number of halogens is 1. The SMILES string of the molecule is CCCNC(CS(=O)c1ccc(Br)cc1)C(C)C. The van der Waals surface area contributed by atoms with Crippen LogP contribution in [0.4, 0.5) is 0 Å².